The maximum absolute atomic E-state index is 12.8. The normalized spacial score (nSPS) is 16.7. The van der Waals surface area contributed by atoms with Crippen LogP contribution in [0.5, 0.6) is 0 Å². The maximum Gasteiger partial charge on any atom is 0.233 e. The van der Waals surface area contributed by atoms with Gasteiger partial charge in [0.25, 0.3) is 0 Å². The predicted molar refractivity (Wildman–Crippen MR) is 95.9 cm³/mol. The molecule has 2 amide bonds. The topological polar surface area (TPSA) is 61.4 Å². The first kappa shape index (κ1) is 18.5. The van der Waals surface area contributed by atoms with Crippen molar-refractivity contribution in [3.8, 4) is 0 Å². The largest absolute Gasteiger partial charge is 0.358 e. The van der Waals surface area contributed by atoms with Gasteiger partial charge >= 0.3 is 0 Å². The molecule has 1 heterocycles. The number of amides is 2. The van der Waals surface area contributed by atoms with Crippen LogP contribution in [0.15, 0.2) is 24.3 Å². The first-order valence-corrected chi connectivity index (χ1v) is 8.64. The Balaban J connectivity index is 1.91. The third-order valence-corrected chi connectivity index (χ3v) is 4.95. The summed E-state index contributed by atoms with van der Waals surface area (Å²) in [6.07, 6.45) is 1.76. The minimum atomic E-state index is -0.551. The minimum Gasteiger partial charge on any atom is -0.358 e. The van der Waals surface area contributed by atoms with Crippen molar-refractivity contribution in [3.05, 3.63) is 35.4 Å². The number of hydrogen-bond acceptors (Lipinski definition) is 3. The van der Waals surface area contributed by atoms with Gasteiger partial charge in [0.1, 0.15) is 0 Å². The number of carbonyl (C=O) groups is 2. The molecule has 5 nitrogen and oxygen atoms in total. The molecule has 0 bridgehead atoms. The molecule has 0 radical (unpaired) electrons. The number of carbonyl (C=O) groups excluding carboxylic acids is 2. The number of hydrogen-bond donors (Lipinski definition) is 2. The van der Waals surface area contributed by atoms with E-state index in [1.165, 1.54) is 0 Å². The van der Waals surface area contributed by atoms with Crippen LogP contribution in [0.3, 0.4) is 0 Å². The molecule has 0 aliphatic carbocycles. The number of likely N-dealkylation sites (tertiary alicyclic amines) is 1. The Bertz CT molecular complexity index is 590. The fourth-order valence-corrected chi connectivity index (χ4v) is 3.28. The Morgan fingerprint density at radius 1 is 1.21 bits per heavy atom. The van der Waals surface area contributed by atoms with Gasteiger partial charge in [0.15, 0.2) is 0 Å². The number of aryl methyl sites for hydroxylation is 1. The van der Waals surface area contributed by atoms with E-state index in [-0.39, 0.29) is 17.9 Å². The van der Waals surface area contributed by atoms with Crippen molar-refractivity contribution in [2.24, 2.45) is 0 Å². The van der Waals surface area contributed by atoms with Gasteiger partial charge in [-0.1, -0.05) is 24.3 Å². The lowest BCUT2D eigenvalue weighted by atomic mass is 9.81. The van der Waals surface area contributed by atoms with Crippen molar-refractivity contribution in [3.63, 3.8) is 0 Å². The first-order chi connectivity index (χ1) is 11.3. The summed E-state index contributed by atoms with van der Waals surface area (Å²) in [6, 6.07) is 8.23. The number of likely N-dealkylation sites (N-methyl/N-ethyl adjacent to an activating group) is 1. The van der Waals surface area contributed by atoms with Gasteiger partial charge in [-0.25, -0.2) is 0 Å². The Morgan fingerprint density at radius 3 is 2.42 bits per heavy atom. The molecule has 0 atom stereocenters. The van der Waals surface area contributed by atoms with E-state index in [0.717, 1.165) is 37.1 Å². The first-order valence-electron chi connectivity index (χ1n) is 8.64. The average molecular weight is 331 g/mol. The van der Waals surface area contributed by atoms with E-state index in [1.807, 2.05) is 45.0 Å². The number of nitrogens with zero attached hydrogens (tertiary/aromatic N) is 1. The van der Waals surface area contributed by atoms with Gasteiger partial charge in [0.05, 0.1) is 12.0 Å². The van der Waals surface area contributed by atoms with Gasteiger partial charge in [-0.3, -0.25) is 14.5 Å². The van der Waals surface area contributed by atoms with Crippen molar-refractivity contribution in [2.75, 3.05) is 26.7 Å². The van der Waals surface area contributed by atoms with Crippen molar-refractivity contribution in [1.29, 1.82) is 0 Å². The molecule has 5 heteroatoms. The summed E-state index contributed by atoms with van der Waals surface area (Å²) in [5.74, 6) is 0.111. The summed E-state index contributed by atoms with van der Waals surface area (Å²) >= 11 is 0. The quantitative estimate of drug-likeness (QED) is 0.861. The molecule has 1 aromatic carbocycles. The summed E-state index contributed by atoms with van der Waals surface area (Å²) in [6.45, 7) is 8.11. The Hall–Kier alpha value is -1.88. The maximum atomic E-state index is 12.8. The van der Waals surface area contributed by atoms with Crippen LogP contribution in [0.4, 0.5) is 0 Å². The molecule has 24 heavy (non-hydrogen) atoms. The molecule has 0 unspecified atom stereocenters. The van der Waals surface area contributed by atoms with Crippen LogP contribution >= 0.6 is 0 Å². The van der Waals surface area contributed by atoms with E-state index >= 15 is 0 Å². The molecule has 1 aliphatic rings. The third kappa shape index (κ3) is 4.35. The van der Waals surface area contributed by atoms with Gasteiger partial charge in [-0.2, -0.15) is 0 Å². The van der Waals surface area contributed by atoms with Crippen LogP contribution in [0.1, 0.15) is 37.8 Å². The molecule has 0 saturated carbocycles. The number of benzene rings is 1. The summed E-state index contributed by atoms with van der Waals surface area (Å²) in [5, 5.41) is 5.86. The third-order valence-electron chi connectivity index (χ3n) is 4.95. The lowest BCUT2D eigenvalue weighted by Crippen LogP contribution is -2.50. The van der Waals surface area contributed by atoms with Crippen LogP contribution in [-0.4, -0.2) is 49.4 Å². The molecule has 2 rings (SSSR count). The van der Waals surface area contributed by atoms with E-state index in [1.54, 1.807) is 7.05 Å². The SMILES string of the molecule is CNC(=O)CN1CCC(NC(=O)C(C)(C)c2ccccc2C)CC1. The number of rotatable bonds is 5. The molecule has 1 aliphatic heterocycles. The van der Waals surface area contributed by atoms with Crippen LogP contribution in [0.25, 0.3) is 0 Å². The van der Waals surface area contributed by atoms with Gasteiger partial charge in [-0.15, -0.1) is 0 Å². The minimum absolute atomic E-state index is 0.0400. The summed E-state index contributed by atoms with van der Waals surface area (Å²) in [5.41, 5.74) is 1.66. The highest BCUT2D eigenvalue weighted by atomic mass is 16.2. The molecule has 132 valence electrons. The number of piperidine rings is 1. The lowest BCUT2D eigenvalue weighted by molar-refractivity contribution is -0.127. The Morgan fingerprint density at radius 2 is 1.83 bits per heavy atom. The zero-order valence-electron chi connectivity index (χ0n) is 15.2. The van der Waals surface area contributed by atoms with Crippen molar-refractivity contribution in [2.45, 2.75) is 45.1 Å². The smallest absolute Gasteiger partial charge is 0.233 e. The fraction of sp³-hybridized carbons (Fsp3) is 0.579. The van der Waals surface area contributed by atoms with E-state index in [9.17, 15) is 9.59 Å². The highest BCUT2D eigenvalue weighted by molar-refractivity contribution is 5.88. The zero-order chi connectivity index (χ0) is 17.7. The summed E-state index contributed by atoms with van der Waals surface area (Å²) < 4.78 is 0. The summed E-state index contributed by atoms with van der Waals surface area (Å²) in [7, 11) is 1.66. The van der Waals surface area contributed by atoms with E-state index < -0.39 is 5.41 Å². The second-order valence-corrected chi connectivity index (χ2v) is 7.14. The van der Waals surface area contributed by atoms with Crippen molar-refractivity contribution >= 4 is 11.8 Å². The summed E-state index contributed by atoms with van der Waals surface area (Å²) in [4.78, 5) is 26.4. The highest BCUT2D eigenvalue weighted by Gasteiger charge is 2.33. The Labute approximate surface area is 144 Å². The second-order valence-electron chi connectivity index (χ2n) is 7.14. The molecular weight excluding hydrogens is 302 g/mol. The highest BCUT2D eigenvalue weighted by Crippen LogP contribution is 2.27. The molecule has 1 aromatic rings. The van der Waals surface area contributed by atoms with Gasteiger partial charge in [0.2, 0.25) is 11.8 Å². The van der Waals surface area contributed by atoms with E-state index in [4.69, 9.17) is 0 Å². The van der Waals surface area contributed by atoms with Crippen molar-refractivity contribution < 1.29 is 9.59 Å². The second kappa shape index (κ2) is 7.79. The molecule has 0 spiro atoms. The monoisotopic (exact) mass is 331 g/mol. The predicted octanol–water partition coefficient (Wildman–Crippen LogP) is 1.60. The number of nitrogens with one attached hydrogen (secondary N) is 2. The molecular formula is C19H29N3O2. The van der Waals surface area contributed by atoms with E-state index in [0.29, 0.717) is 6.54 Å². The van der Waals surface area contributed by atoms with E-state index in [2.05, 4.69) is 15.5 Å². The molecule has 2 N–H and O–H groups in total. The Kier molecular flexibility index (Phi) is 5.99. The fourth-order valence-electron chi connectivity index (χ4n) is 3.28. The lowest BCUT2D eigenvalue weighted by Gasteiger charge is -2.34. The molecule has 1 saturated heterocycles. The molecule has 1 fully saturated rings. The zero-order valence-corrected chi connectivity index (χ0v) is 15.2. The standard InChI is InChI=1S/C19H29N3O2/c1-14-7-5-6-8-16(14)19(2,3)18(24)21-15-9-11-22(12-10-15)13-17(23)20-4/h5-8,15H,9-13H2,1-4H3,(H,20,23)(H,21,24). The van der Waals surface area contributed by atoms with Gasteiger partial charge in [-0.05, 0) is 44.7 Å². The van der Waals surface area contributed by atoms with Gasteiger partial charge in [0, 0.05) is 26.2 Å². The van der Waals surface area contributed by atoms with Crippen LogP contribution in [0.2, 0.25) is 0 Å². The van der Waals surface area contributed by atoms with Gasteiger partial charge < -0.3 is 10.6 Å². The van der Waals surface area contributed by atoms with Crippen molar-refractivity contribution in [1.82, 2.24) is 15.5 Å². The average Bonchev–Trinajstić information content (AvgIpc) is 2.56. The van der Waals surface area contributed by atoms with Crippen LogP contribution in [0, 0.1) is 6.92 Å². The van der Waals surface area contributed by atoms with Crippen LogP contribution in [-0.2, 0) is 15.0 Å². The van der Waals surface area contributed by atoms with Crippen LogP contribution < -0.4 is 10.6 Å². The molecule has 0 aromatic heterocycles.